The molecule has 6 heteroatoms. The second-order valence-corrected chi connectivity index (χ2v) is 3.96. The molecule has 0 fully saturated rings. The maximum atomic E-state index is 13.2. The van der Waals surface area contributed by atoms with Crippen molar-refractivity contribution in [2.24, 2.45) is 0 Å². The zero-order chi connectivity index (χ0) is 13.0. The van der Waals surface area contributed by atoms with Gasteiger partial charge in [-0.2, -0.15) is 0 Å². The Balaban J connectivity index is 2.10. The van der Waals surface area contributed by atoms with Crippen LogP contribution in [0.15, 0.2) is 30.6 Å². The lowest BCUT2D eigenvalue weighted by molar-refractivity contribution is 0.454. The summed E-state index contributed by atoms with van der Waals surface area (Å²) in [4.78, 5) is 8.20. The Kier molecular flexibility index (Phi) is 4.07. The predicted octanol–water partition coefficient (Wildman–Crippen LogP) is 2.78. The number of benzene rings is 1. The predicted molar refractivity (Wildman–Crippen MR) is 66.3 cm³/mol. The van der Waals surface area contributed by atoms with Gasteiger partial charge in [0.2, 0.25) is 5.88 Å². The molecule has 0 aliphatic carbocycles. The number of nitrogens with one attached hydrogen (secondary N) is 1. The van der Waals surface area contributed by atoms with Gasteiger partial charge in [0.05, 0.1) is 23.1 Å². The third-order valence-electron chi connectivity index (χ3n) is 2.15. The zero-order valence-electron chi connectivity index (χ0n) is 9.65. The first-order chi connectivity index (χ1) is 8.69. The highest BCUT2D eigenvalue weighted by Gasteiger charge is 2.04. The third kappa shape index (κ3) is 3.15. The molecule has 94 valence electrons. The van der Waals surface area contributed by atoms with Crippen molar-refractivity contribution in [3.05, 3.63) is 47.1 Å². The molecule has 2 rings (SSSR count). The zero-order valence-corrected chi connectivity index (χ0v) is 10.4. The summed E-state index contributed by atoms with van der Waals surface area (Å²) in [6.45, 7) is 0.628. The van der Waals surface area contributed by atoms with Crippen LogP contribution in [-0.2, 0) is 6.54 Å². The fraction of sp³-hybridized carbons (Fsp3) is 0.167. The van der Waals surface area contributed by atoms with Crippen LogP contribution >= 0.6 is 11.6 Å². The highest BCUT2D eigenvalue weighted by Crippen LogP contribution is 2.23. The molecule has 1 aromatic carbocycles. The first-order valence-corrected chi connectivity index (χ1v) is 5.65. The highest BCUT2D eigenvalue weighted by molar-refractivity contribution is 6.30. The summed E-state index contributed by atoms with van der Waals surface area (Å²) >= 11 is 5.57. The lowest BCUT2D eigenvalue weighted by Gasteiger charge is -2.05. The van der Waals surface area contributed by atoms with Crippen LogP contribution in [0.4, 0.5) is 4.39 Å². The molecule has 0 unspecified atom stereocenters. The van der Waals surface area contributed by atoms with Gasteiger partial charge in [0.25, 0.3) is 0 Å². The van der Waals surface area contributed by atoms with E-state index in [0.29, 0.717) is 18.2 Å². The fourth-order valence-electron chi connectivity index (χ4n) is 1.33. The average molecular weight is 268 g/mol. The van der Waals surface area contributed by atoms with Crippen LogP contribution < -0.4 is 10.1 Å². The largest absolute Gasteiger partial charge is 0.437 e. The van der Waals surface area contributed by atoms with Gasteiger partial charge < -0.3 is 10.1 Å². The van der Waals surface area contributed by atoms with Gasteiger partial charge >= 0.3 is 0 Å². The molecule has 0 amide bonds. The van der Waals surface area contributed by atoms with Gasteiger partial charge in [-0.1, -0.05) is 11.6 Å². The fourth-order valence-corrected chi connectivity index (χ4v) is 1.45. The van der Waals surface area contributed by atoms with Crippen LogP contribution in [-0.4, -0.2) is 17.0 Å². The third-order valence-corrected chi connectivity index (χ3v) is 2.46. The minimum Gasteiger partial charge on any atom is -0.437 e. The Morgan fingerprint density at radius 1 is 1.33 bits per heavy atom. The van der Waals surface area contributed by atoms with Gasteiger partial charge in [-0.15, -0.1) is 0 Å². The topological polar surface area (TPSA) is 47.0 Å². The SMILES string of the molecule is CNCc1cnc(Oc2ccc(Cl)c(F)c2)cn1. The molecule has 4 nitrogen and oxygen atoms in total. The number of aromatic nitrogens is 2. The number of halogens is 2. The Morgan fingerprint density at radius 2 is 2.17 bits per heavy atom. The molecule has 1 aromatic heterocycles. The average Bonchev–Trinajstić information content (AvgIpc) is 2.37. The van der Waals surface area contributed by atoms with E-state index in [9.17, 15) is 4.39 Å². The minimum absolute atomic E-state index is 0.0535. The van der Waals surface area contributed by atoms with E-state index in [-0.39, 0.29) is 5.02 Å². The van der Waals surface area contributed by atoms with Crippen LogP contribution in [0.1, 0.15) is 5.69 Å². The highest BCUT2D eigenvalue weighted by atomic mass is 35.5. The van der Waals surface area contributed by atoms with Crippen LogP contribution in [0.3, 0.4) is 0 Å². The number of ether oxygens (including phenoxy) is 1. The molecule has 0 bridgehead atoms. The summed E-state index contributed by atoms with van der Waals surface area (Å²) in [5.41, 5.74) is 0.798. The molecular weight excluding hydrogens is 257 g/mol. The molecule has 18 heavy (non-hydrogen) atoms. The van der Waals surface area contributed by atoms with Gasteiger partial charge in [-0.05, 0) is 19.2 Å². The molecule has 0 spiro atoms. The van der Waals surface area contributed by atoms with Crippen molar-refractivity contribution >= 4 is 11.6 Å². The van der Waals surface area contributed by atoms with Crippen molar-refractivity contribution in [2.45, 2.75) is 6.54 Å². The second kappa shape index (κ2) is 5.75. The Morgan fingerprint density at radius 3 is 2.78 bits per heavy atom. The van der Waals surface area contributed by atoms with Crippen LogP contribution in [0, 0.1) is 5.82 Å². The summed E-state index contributed by atoms with van der Waals surface area (Å²) in [5, 5.41) is 3.01. The summed E-state index contributed by atoms with van der Waals surface area (Å²) in [5.74, 6) is 0.0954. The quantitative estimate of drug-likeness (QED) is 0.925. The number of nitrogens with zero attached hydrogens (tertiary/aromatic N) is 2. The molecule has 1 heterocycles. The van der Waals surface area contributed by atoms with E-state index in [1.165, 1.54) is 18.3 Å². The van der Waals surface area contributed by atoms with E-state index < -0.39 is 5.82 Å². The summed E-state index contributed by atoms with van der Waals surface area (Å²) in [6, 6.07) is 4.19. The normalized spacial score (nSPS) is 10.4. The van der Waals surface area contributed by atoms with Crippen molar-refractivity contribution in [3.8, 4) is 11.6 Å². The lowest BCUT2D eigenvalue weighted by atomic mass is 10.3. The number of hydrogen-bond acceptors (Lipinski definition) is 4. The standard InChI is InChI=1S/C12H11ClFN3O/c1-15-5-8-6-17-12(7-16-8)18-9-2-3-10(13)11(14)4-9/h2-4,6-7,15H,5H2,1H3. The summed E-state index contributed by atoms with van der Waals surface area (Å²) < 4.78 is 18.5. The van der Waals surface area contributed by atoms with Crippen molar-refractivity contribution in [1.82, 2.24) is 15.3 Å². The molecule has 0 atom stereocenters. The van der Waals surface area contributed by atoms with Gasteiger partial charge in [0.15, 0.2) is 0 Å². The molecule has 0 radical (unpaired) electrons. The van der Waals surface area contributed by atoms with Crippen molar-refractivity contribution in [3.63, 3.8) is 0 Å². The maximum absolute atomic E-state index is 13.2. The van der Waals surface area contributed by atoms with Gasteiger partial charge in [0.1, 0.15) is 11.6 Å². The van der Waals surface area contributed by atoms with Crippen molar-refractivity contribution in [2.75, 3.05) is 7.05 Å². The van der Waals surface area contributed by atoms with E-state index >= 15 is 0 Å². The summed E-state index contributed by atoms with van der Waals surface area (Å²) in [7, 11) is 1.82. The van der Waals surface area contributed by atoms with Crippen LogP contribution in [0.25, 0.3) is 0 Å². The molecule has 0 saturated heterocycles. The molecule has 0 aliphatic heterocycles. The van der Waals surface area contributed by atoms with E-state index in [1.54, 1.807) is 12.3 Å². The molecule has 2 aromatic rings. The Bertz CT molecular complexity index is 533. The smallest absolute Gasteiger partial charge is 0.237 e. The van der Waals surface area contributed by atoms with Crippen molar-refractivity contribution in [1.29, 1.82) is 0 Å². The van der Waals surface area contributed by atoms with E-state index in [1.807, 2.05) is 7.05 Å². The van der Waals surface area contributed by atoms with Crippen LogP contribution in [0.2, 0.25) is 5.02 Å². The minimum atomic E-state index is -0.533. The molecule has 0 aliphatic rings. The molecule has 1 N–H and O–H groups in total. The first-order valence-electron chi connectivity index (χ1n) is 5.27. The molecular formula is C12H11ClFN3O. The van der Waals surface area contributed by atoms with Gasteiger partial charge in [-0.25, -0.2) is 9.37 Å². The van der Waals surface area contributed by atoms with Crippen molar-refractivity contribution < 1.29 is 9.13 Å². The van der Waals surface area contributed by atoms with E-state index in [2.05, 4.69) is 15.3 Å². The number of hydrogen-bond donors (Lipinski definition) is 1. The Labute approximate surface area is 109 Å². The van der Waals surface area contributed by atoms with E-state index in [4.69, 9.17) is 16.3 Å². The maximum Gasteiger partial charge on any atom is 0.237 e. The second-order valence-electron chi connectivity index (χ2n) is 3.55. The van der Waals surface area contributed by atoms with E-state index in [0.717, 1.165) is 5.69 Å². The monoisotopic (exact) mass is 267 g/mol. The number of rotatable bonds is 4. The first kappa shape index (κ1) is 12.7. The van der Waals surface area contributed by atoms with Crippen LogP contribution in [0.5, 0.6) is 11.6 Å². The molecule has 0 saturated carbocycles. The lowest BCUT2D eigenvalue weighted by Crippen LogP contribution is -2.07. The Hall–Kier alpha value is -1.72. The summed E-state index contributed by atoms with van der Waals surface area (Å²) in [6.07, 6.45) is 3.08. The van der Waals surface area contributed by atoms with Gasteiger partial charge in [-0.3, -0.25) is 4.98 Å². The van der Waals surface area contributed by atoms with Gasteiger partial charge in [0, 0.05) is 12.6 Å².